The van der Waals surface area contributed by atoms with Gasteiger partial charge in [0.05, 0.1) is 11.5 Å². The van der Waals surface area contributed by atoms with Gasteiger partial charge in [0.2, 0.25) is 10.0 Å². The molecule has 3 rings (SSSR count). The van der Waals surface area contributed by atoms with Gasteiger partial charge in [-0.3, -0.25) is 0 Å². The fraction of sp³-hybridized carbons (Fsp3) is 0.125. The quantitative estimate of drug-likeness (QED) is 0.478. The number of hydrogen-bond acceptors (Lipinski definition) is 3. The minimum Gasteiger partial charge on any atom is -0.393 e. The van der Waals surface area contributed by atoms with Crippen molar-refractivity contribution in [3.63, 3.8) is 0 Å². The molecule has 8 heteroatoms. The first-order valence-electron chi connectivity index (χ1n) is 7.02. The molecular formula is C16H14ClFN2O3S. The van der Waals surface area contributed by atoms with Gasteiger partial charge in [0.1, 0.15) is 5.82 Å². The van der Waals surface area contributed by atoms with Gasteiger partial charge in [-0.1, -0.05) is 29.8 Å². The van der Waals surface area contributed by atoms with Crippen LogP contribution in [-0.4, -0.2) is 25.1 Å². The van der Waals surface area contributed by atoms with E-state index < -0.39 is 27.4 Å². The van der Waals surface area contributed by atoms with Crippen LogP contribution in [0.2, 0.25) is 0 Å². The normalized spacial score (nSPS) is 14.6. The third-order valence-electron chi connectivity index (χ3n) is 3.64. The lowest BCUT2D eigenvalue weighted by atomic mass is 10.1. The van der Waals surface area contributed by atoms with Gasteiger partial charge < -0.3 is 10.1 Å². The third-order valence-corrected chi connectivity index (χ3v) is 5.68. The number of hydrogen-bond donors (Lipinski definition) is 3. The summed E-state index contributed by atoms with van der Waals surface area (Å²) in [6.45, 7) is -0.690. The maximum absolute atomic E-state index is 13.3. The molecule has 1 aromatic heterocycles. The summed E-state index contributed by atoms with van der Waals surface area (Å²) in [4.78, 5) is 1.06. The Hall–Kier alpha value is -1.93. The zero-order valence-corrected chi connectivity index (χ0v) is 13.9. The molecule has 3 N–H and O–H groups in total. The number of halogens is 2. The fourth-order valence-corrected chi connectivity index (χ4v) is 4.17. The Balaban J connectivity index is 2.05. The van der Waals surface area contributed by atoms with Gasteiger partial charge in [-0.15, -0.1) is 0 Å². The van der Waals surface area contributed by atoms with Crippen LogP contribution in [0.15, 0.2) is 59.6 Å². The smallest absolute Gasteiger partial charge is 0.242 e. The van der Waals surface area contributed by atoms with Crippen molar-refractivity contribution in [3.05, 3.63) is 66.1 Å². The molecule has 0 saturated heterocycles. The molecule has 3 aromatic rings. The largest absolute Gasteiger partial charge is 0.393 e. The van der Waals surface area contributed by atoms with E-state index in [4.69, 9.17) is 11.6 Å². The second-order valence-corrected chi connectivity index (χ2v) is 7.60. The summed E-state index contributed by atoms with van der Waals surface area (Å²) in [5.41, 5.74) is 0.753. The third kappa shape index (κ3) is 3.03. The number of benzene rings is 2. The number of sulfonamides is 1. The molecule has 1 unspecified atom stereocenters. The Morgan fingerprint density at radius 1 is 1.21 bits per heavy atom. The van der Waals surface area contributed by atoms with Gasteiger partial charge in [-0.05, 0) is 30.3 Å². The molecular weight excluding hydrogens is 355 g/mol. The van der Waals surface area contributed by atoms with Gasteiger partial charge >= 0.3 is 0 Å². The van der Waals surface area contributed by atoms with Gasteiger partial charge in [0.25, 0.3) is 0 Å². The average Bonchev–Trinajstić information content (AvgIpc) is 2.99. The van der Waals surface area contributed by atoms with E-state index in [2.05, 4.69) is 9.71 Å². The molecule has 0 saturated carbocycles. The van der Waals surface area contributed by atoms with Crippen LogP contribution in [0.3, 0.4) is 0 Å². The van der Waals surface area contributed by atoms with Crippen LogP contribution < -0.4 is 4.72 Å². The first kappa shape index (κ1) is 16.9. The second-order valence-electron chi connectivity index (χ2n) is 5.27. The first-order valence-corrected chi connectivity index (χ1v) is 8.88. The summed E-state index contributed by atoms with van der Waals surface area (Å²) in [6, 6.07) is 11.7. The van der Waals surface area contributed by atoms with Crippen molar-refractivity contribution >= 4 is 32.5 Å². The fourth-order valence-electron chi connectivity index (χ4n) is 2.47. The predicted molar refractivity (Wildman–Crippen MR) is 89.6 cm³/mol. The first-order chi connectivity index (χ1) is 11.4. The van der Waals surface area contributed by atoms with Gasteiger partial charge in [0.15, 0.2) is 5.00 Å². The number of aromatic nitrogens is 1. The second kappa shape index (κ2) is 6.18. The number of aliphatic hydroxyl groups excluding tert-OH is 1. The average molecular weight is 369 g/mol. The zero-order chi connectivity index (χ0) is 17.4. The highest BCUT2D eigenvalue weighted by molar-refractivity contribution is 7.89. The van der Waals surface area contributed by atoms with Crippen LogP contribution in [0.5, 0.6) is 0 Å². The molecule has 0 bridgehead atoms. The zero-order valence-electron chi connectivity index (χ0n) is 12.3. The maximum Gasteiger partial charge on any atom is 0.242 e. The summed E-state index contributed by atoms with van der Waals surface area (Å²) in [5.74, 6) is -0.440. The summed E-state index contributed by atoms with van der Waals surface area (Å²) >= 11 is 6.39. The van der Waals surface area contributed by atoms with Crippen LogP contribution in [0.25, 0.3) is 10.9 Å². The molecule has 5 nitrogen and oxygen atoms in total. The molecule has 1 heterocycles. The van der Waals surface area contributed by atoms with Crippen LogP contribution in [0.1, 0.15) is 5.56 Å². The van der Waals surface area contributed by atoms with Crippen molar-refractivity contribution in [3.8, 4) is 0 Å². The Morgan fingerprint density at radius 3 is 2.58 bits per heavy atom. The monoisotopic (exact) mass is 368 g/mol. The van der Waals surface area contributed by atoms with E-state index in [0.717, 1.165) is 0 Å². The molecule has 0 spiro atoms. The molecule has 24 heavy (non-hydrogen) atoms. The van der Waals surface area contributed by atoms with Crippen molar-refractivity contribution in [1.82, 2.24) is 9.71 Å². The summed E-state index contributed by atoms with van der Waals surface area (Å²) in [6.07, 6.45) is 1.45. The number of nitrogens with one attached hydrogen (secondary N) is 2. The Morgan fingerprint density at radius 2 is 1.92 bits per heavy atom. The number of aliphatic hydroxyl groups is 1. The maximum atomic E-state index is 13.3. The van der Waals surface area contributed by atoms with Crippen LogP contribution in [0, 0.1) is 5.82 Å². The van der Waals surface area contributed by atoms with Crippen LogP contribution in [-0.2, 0) is 15.0 Å². The molecule has 2 aromatic carbocycles. The van der Waals surface area contributed by atoms with E-state index in [1.54, 1.807) is 18.2 Å². The van der Waals surface area contributed by atoms with E-state index in [9.17, 15) is 17.9 Å². The highest BCUT2D eigenvalue weighted by atomic mass is 35.5. The molecule has 0 aliphatic rings. The lowest BCUT2D eigenvalue weighted by Crippen LogP contribution is -2.44. The standard InChI is InChI=1S/C16H14ClFN2O3S/c17-16(10-21,20-24(22,23)12-4-2-1-3-5-12)14-9-19-15-8-11(18)6-7-13(14)15/h1-9,19-21H,10H2. The molecule has 1 atom stereocenters. The van der Waals surface area contributed by atoms with Crippen molar-refractivity contribution in [2.75, 3.05) is 6.61 Å². The number of rotatable bonds is 5. The molecule has 0 amide bonds. The van der Waals surface area contributed by atoms with Crippen molar-refractivity contribution < 1.29 is 17.9 Å². The van der Waals surface area contributed by atoms with E-state index >= 15 is 0 Å². The molecule has 126 valence electrons. The van der Waals surface area contributed by atoms with Crippen LogP contribution >= 0.6 is 11.6 Å². The highest BCUT2D eigenvalue weighted by Crippen LogP contribution is 2.33. The van der Waals surface area contributed by atoms with E-state index in [1.807, 2.05) is 0 Å². The predicted octanol–water partition coefficient (Wildman–Crippen LogP) is 2.67. The molecule has 0 aliphatic carbocycles. The minimum atomic E-state index is -3.96. The number of fused-ring (bicyclic) bond motifs is 1. The lowest BCUT2D eigenvalue weighted by molar-refractivity contribution is 0.237. The minimum absolute atomic E-state index is 0.0226. The van der Waals surface area contributed by atoms with Gasteiger partial charge in [0, 0.05) is 22.7 Å². The molecule has 0 radical (unpaired) electrons. The Labute approximate surface area is 143 Å². The van der Waals surface area contributed by atoms with E-state index in [1.165, 1.54) is 36.5 Å². The van der Waals surface area contributed by atoms with E-state index in [-0.39, 0.29) is 4.90 Å². The number of aromatic amines is 1. The van der Waals surface area contributed by atoms with Crippen molar-refractivity contribution in [2.45, 2.75) is 9.89 Å². The Bertz CT molecular complexity index is 975. The summed E-state index contributed by atoms with van der Waals surface area (Å²) in [7, 11) is -3.96. The van der Waals surface area contributed by atoms with Gasteiger partial charge in [-0.2, -0.15) is 4.72 Å². The number of H-pyrrole nitrogens is 1. The van der Waals surface area contributed by atoms with Crippen molar-refractivity contribution in [1.29, 1.82) is 0 Å². The van der Waals surface area contributed by atoms with E-state index in [0.29, 0.717) is 16.5 Å². The van der Waals surface area contributed by atoms with Gasteiger partial charge in [-0.25, -0.2) is 12.8 Å². The number of alkyl halides is 1. The van der Waals surface area contributed by atoms with Crippen LogP contribution in [0.4, 0.5) is 4.39 Å². The topological polar surface area (TPSA) is 82.2 Å². The SMILES string of the molecule is O=S(=O)(NC(Cl)(CO)c1c[nH]c2cc(F)ccc12)c1ccccc1. The summed E-state index contributed by atoms with van der Waals surface area (Å²) in [5, 5.41) is 10.2. The Kier molecular flexibility index (Phi) is 4.35. The highest BCUT2D eigenvalue weighted by Gasteiger charge is 2.36. The molecule has 0 fully saturated rings. The summed E-state index contributed by atoms with van der Waals surface area (Å²) < 4.78 is 40.7. The van der Waals surface area contributed by atoms with Crippen molar-refractivity contribution in [2.24, 2.45) is 0 Å². The lowest BCUT2D eigenvalue weighted by Gasteiger charge is -2.25. The molecule has 0 aliphatic heterocycles.